The SMILES string of the molecule is C=CN(/C=C(/C)N)c1ccc(/C=C2\COC(=O)N3C2=NCC3c2ccc(F)cc2)cc1OC. The van der Waals surface area contributed by atoms with Crippen LogP contribution < -0.4 is 15.4 Å². The molecule has 2 heterocycles. The largest absolute Gasteiger partial charge is 0.495 e. The van der Waals surface area contributed by atoms with Crippen molar-refractivity contribution in [3.8, 4) is 5.75 Å². The number of ether oxygens (including phenoxy) is 2. The number of allylic oxidation sites excluding steroid dienone is 1. The van der Waals surface area contributed by atoms with Crippen molar-refractivity contribution in [2.75, 3.05) is 25.2 Å². The van der Waals surface area contributed by atoms with E-state index in [4.69, 9.17) is 15.2 Å². The van der Waals surface area contributed by atoms with Crippen molar-refractivity contribution in [1.82, 2.24) is 4.90 Å². The molecule has 4 rings (SSSR count). The van der Waals surface area contributed by atoms with Crippen LogP contribution in [0, 0.1) is 5.82 Å². The minimum absolute atomic E-state index is 0.113. The number of carbonyl (C=O) groups is 1. The quantitative estimate of drug-likeness (QED) is 0.699. The maximum Gasteiger partial charge on any atom is 0.416 e. The van der Waals surface area contributed by atoms with Crippen molar-refractivity contribution in [1.29, 1.82) is 0 Å². The fourth-order valence-corrected chi connectivity index (χ4v) is 3.91. The van der Waals surface area contributed by atoms with Gasteiger partial charge in [0.2, 0.25) is 0 Å². The molecule has 2 aliphatic heterocycles. The van der Waals surface area contributed by atoms with Crippen LogP contribution in [-0.4, -0.2) is 37.1 Å². The topological polar surface area (TPSA) is 80.4 Å². The summed E-state index contributed by atoms with van der Waals surface area (Å²) in [4.78, 5) is 20.5. The molecular formula is C25H25FN4O3. The van der Waals surface area contributed by atoms with Gasteiger partial charge in [0, 0.05) is 23.7 Å². The first-order chi connectivity index (χ1) is 15.9. The van der Waals surface area contributed by atoms with E-state index in [2.05, 4.69) is 11.6 Å². The van der Waals surface area contributed by atoms with Gasteiger partial charge in [-0.2, -0.15) is 0 Å². The normalized spacial score (nSPS) is 19.1. The third-order valence-corrected chi connectivity index (χ3v) is 5.41. The van der Waals surface area contributed by atoms with Gasteiger partial charge < -0.3 is 20.1 Å². The highest BCUT2D eigenvalue weighted by molar-refractivity contribution is 6.12. The molecule has 0 radical (unpaired) electrons. The number of fused-ring (bicyclic) bond motifs is 1. The van der Waals surface area contributed by atoms with Gasteiger partial charge in [0.15, 0.2) is 0 Å². The number of methoxy groups -OCH3 is 1. The Balaban J connectivity index is 1.64. The minimum Gasteiger partial charge on any atom is -0.495 e. The molecule has 1 atom stereocenters. The minimum atomic E-state index is -0.462. The van der Waals surface area contributed by atoms with Gasteiger partial charge in [-0.25, -0.2) is 9.18 Å². The smallest absolute Gasteiger partial charge is 0.416 e. The van der Waals surface area contributed by atoms with Gasteiger partial charge in [-0.05, 0) is 48.4 Å². The maximum atomic E-state index is 13.3. The standard InChI is InChI=1S/C25H25FN4O3/c1-4-29(14-16(2)27)21-10-5-17(12-23(21)32-3)11-19-15-33-25(31)30-22(13-28-24(19)30)18-6-8-20(26)9-7-18/h4-12,14,22H,1,13,15,27H2,2-3H3/b16-14-,19-11+. The van der Waals surface area contributed by atoms with Gasteiger partial charge in [-0.1, -0.05) is 24.8 Å². The van der Waals surface area contributed by atoms with Crippen LogP contribution >= 0.6 is 0 Å². The molecule has 33 heavy (non-hydrogen) atoms. The van der Waals surface area contributed by atoms with Crippen LogP contribution in [0.3, 0.4) is 0 Å². The molecule has 8 heteroatoms. The monoisotopic (exact) mass is 448 g/mol. The zero-order valence-corrected chi connectivity index (χ0v) is 18.5. The number of hydrogen-bond donors (Lipinski definition) is 1. The van der Waals surface area contributed by atoms with Crippen molar-refractivity contribution in [3.05, 3.63) is 89.7 Å². The number of nitrogens with two attached hydrogens (primary N) is 1. The summed E-state index contributed by atoms with van der Waals surface area (Å²) >= 11 is 0. The Kier molecular flexibility index (Phi) is 6.17. The maximum absolute atomic E-state index is 13.3. The fraction of sp³-hybridized carbons (Fsp3) is 0.200. The summed E-state index contributed by atoms with van der Waals surface area (Å²) in [5.41, 5.74) is 9.65. The lowest BCUT2D eigenvalue weighted by Gasteiger charge is -2.30. The number of hydrogen-bond acceptors (Lipinski definition) is 6. The second-order valence-corrected chi connectivity index (χ2v) is 7.72. The number of carbonyl (C=O) groups excluding carboxylic acids is 1. The molecule has 0 aromatic heterocycles. The third kappa shape index (κ3) is 4.45. The summed E-state index contributed by atoms with van der Waals surface area (Å²) in [5, 5.41) is 0. The highest BCUT2D eigenvalue weighted by Crippen LogP contribution is 2.35. The van der Waals surface area contributed by atoms with Gasteiger partial charge in [0.25, 0.3) is 0 Å². The number of aliphatic imine (C=N–C) groups is 1. The van der Waals surface area contributed by atoms with Gasteiger partial charge in [-0.3, -0.25) is 9.89 Å². The highest BCUT2D eigenvalue weighted by Gasteiger charge is 2.40. The number of benzene rings is 2. The van der Waals surface area contributed by atoms with E-state index < -0.39 is 6.09 Å². The van der Waals surface area contributed by atoms with Gasteiger partial charge in [0.05, 0.1) is 25.4 Å². The van der Waals surface area contributed by atoms with Crippen LogP contribution in [0.15, 0.2) is 77.7 Å². The van der Waals surface area contributed by atoms with E-state index in [1.165, 1.54) is 17.0 Å². The lowest BCUT2D eigenvalue weighted by atomic mass is 10.0. The van der Waals surface area contributed by atoms with Crippen molar-refractivity contribution >= 4 is 23.7 Å². The molecule has 1 fully saturated rings. The third-order valence-electron chi connectivity index (χ3n) is 5.41. The average molecular weight is 448 g/mol. The molecule has 2 aromatic carbocycles. The zero-order valence-electron chi connectivity index (χ0n) is 18.5. The first-order valence-electron chi connectivity index (χ1n) is 10.4. The Labute approximate surface area is 191 Å². The first-order valence-corrected chi connectivity index (χ1v) is 10.4. The summed E-state index contributed by atoms with van der Waals surface area (Å²) in [6.07, 6.45) is 4.86. The average Bonchev–Trinajstić information content (AvgIpc) is 3.26. The van der Waals surface area contributed by atoms with Crippen molar-refractivity contribution in [2.45, 2.75) is 13.0 Å². The Morgan fingerprint density at radius 3 is 2.76 bits per heavy atom. The molecule has 0 spiro atoms. The molecule has 1 saturated heterocycles. The predicted molar refractivity (Wildman–Crippen MR) is 126 cm³/mol. The molecule has 0 saturated carbocycles. The Bertz CT molecular complexity index is 1170. The fourth-order valence-electron chi connectivity index (χ4n) is 3.91. The number of halogens is 1. The van der Waals surface area contributed by atoms with Crippen molar-refractivity contribution in [3.63, 3.8) is 0 Å². The highest BCUT2D eigenvalue weighted by atomic mass is 19.1. The number of nitrogens with zero attached hydrogens (tertiary/aromatic N) is 3. The van der Waals surface area contributed by atoms with Crippen LogP contribution in [0.2, 0.25) is 0 Å². The molecule has 1 amide bonds. The van der Waals surface area contributed by atoms with E-state index >= 15 is 0 Å². The van der Waals surface area contributed by atoms with Gasteiger partial charge in [0.1, 0.15) is 24.0 Å². The summed E-state index contributed by atoms with van der Waals surface area (Å²) in [6, 6.07) is 11.5. The van der Waals surface area contributed by atoms with Crippen LogP contribution in [-0.2, 0) is 4.74 Å². The lowest BCUT2D eigenvalue weighted by Crippen LogP contribution is -2.43. The molecule has 1 unspecified atom stereocenters. The van der Waals surface area contributed by atoms with E-state index in [1.807, 2.05) is 24.3 Å². The molecule has 170 valence electrons. The van der Waals surface area contributed by atoms with Crippen molar-refractivity contribution in [2.24, 2.45) is 10.7 Å². The van der Waals surface area contributed by atoms with Gasteiger partial charge in [-0.15, -0.1) is 0 Å². The van der Waals surface area contributed by atoms with Crippen LogP contribution in [0.5, 0.6) is 5.75 Å². The van der Waals surface area contributed by atoms with Crippen LogP contribution in [0.1, 0.15) is 24.1 Å². The number of cyclic esters (lactones) is 1. The Morgan fingerprint density at radius 2 is 2.09 bits per heavy atom. The number of anilines is 1. The summed E-state index contributed by atoms with van der Waals surface area (Å²) < 4.78 is 24.3. The molecule has 2 N–H and O–H groups in total. The van der Waals surface area contributed by atoms with E-state index in [0.717, 1.165) is 22.4 Å². The number of amidine groups is 1. The Hall–Kier alpha value is -4.07. The summed E-state index contributed by atoms with van der Waals surface area (Å²) in [7, 11) is 1.59. The molecule has 2 aliphatic rings. The molecule has 0 bridgehead atoms. The van der Waals surface area contributed by atoms with E-state index in [-0.39, 0.29) is 18.5 Å². The van der Waals surface area contributed by atoms with Crippen LogP contribution in [0.25, 0.3) is 6.08 Å². The molecular weight excluding hydrogens is 423 g/mol. The van der Waals surface area contributed by atoms with Crippen LogP contribution in [0.4, 0.5) is 14.9 Å². The van der Waals surface area contributed by atoms with E-state index in [1.54, 1.807) is 43.5 Å². The number of rotatable bonds is 6. The summed E-state index contributed by atoms with van der Waals surface area (Å²) in [5.74, 6) is 0.867. The first kappa shape index (κ1) is 22.1. The second-order valence-electron chi connectivity index (χ2n) is 7.72. The molecule has 2 aromatic rings. The van der Waals surface area contributed by atoms with Crippen molar-refractivity contribution < 1.29 is 18.7 Å². The number of amides is 1. The zero-order chi connectivity index (χ0) is 23.5. The Morgan fingerprint density at radius 1 is 1.33 bits per heavy atom. The molecule has 7 nitrogen and oxygen atoms in total. The van der Waals surface area contributed by atoms with E-state index in [9.17, 15) is 9.18 Å². The lowest BCUT2D eigenvalue weighted by molar-refractivity contribution is 0.117. The second kappa shape index (κ2) is 9.20. The summed E-state index contributed by atoms with van der Waals surface area (Å²) in [6.45, 7) is 6.12. The van der Waals surface area contributed by atoms with E-state index in [0.29, 0.717) is 23.8 Å². The predicted octanol–water partition coefficient (Wildman–Crippen LogP) is 4.59. The van der Waals surface area contributed by atoms with Gasteiger partial charge >= 0.3 is 6.09 Å². The molecule has 0 aliphatic carbocycles.